The third-order valence-electron chi connectivity index (χ3n) is 3.55. The molecule has 0 aliphatic rings. The lowest BCUT2D eigenvalue weighted by atomic mass is 10.2. The molecule has 23 heavy (non-hydrogen) atoms. The Morgan fingerprint density at radius 2 is 1.96 bits per heavy atom. The zero-order valence-electron chi connectivity index (χ0n) is 13.6. The number of benzene rings is 1. The van der Waals surface area contributed by atoms with E-state index in [0.29, 0.717) is 17.8 Å². The number of furan rings is 1. The average Bonchev–Trinajstić information content (AvgIpc) is 2.87. The second-order valence-corrected chi connectivity index (χ2v) is 7.29. The summed E-state index contributed by atoms with van der Waals surface area (Å²) in [5, 5.41) is 2.71. The van der Waals surface area contributed by atoms with Gasteiger partial charge in [0.25, 0.3) is 5.91 Å². The fourth-order valence-corrected chi connectivity index (χ4v) is 2.72. The summed E-state index contributed by atoms with van der Waals surface area (Å²) in [6.45, 7) is 3.83. The van der Waals surface area contributed by atoms with Gasteiger partial charge >= 0.3 is 0 Å². The first-order valence-corrected chi connectivity index (χ1v) is 9.02. The van der Waals surface area contributed by atoms with Crippen molar-refractivity contribution in [2.24, 2.45) is 0 Å². The predicted octanol–water partition coefficient (Wildman–Crippen LogP) is 2.80. The van der Waals surface area contributed by atoms with Gasteiger partial charge in [-0.15, -0.1) is 0 Å². The number of aryl methyl sites for hydroxylation is 2. The maximum atomic E-state index is 12.3. The Labute approximate surface area is 136 Å². The van der Waals surface area contributed by atoms with E-state index in [1.807, 2.05) is 13.8 Å². The van der Waals surface area contributed by atoms with Crippen LogP contribution in [-0.4, -0.2) is 27.6 Å². The first-order valence-electron chi connectivity index (χ1n) is 7.17. The standard InChI is InChI=1S/C16H20N2O4S/c1-5-14-11(2)10-15(22-14)16(19)17-12-8-6-7-9-13(12)18(3)23(4,20)21/h6-10H,5H2,1-4H3,(H,17,19). The van der Waals surface area contributed by atoms with Crippen LogP contribution in [0.25, 0.3) is 0 Å². The van der Waals surface area contributed by atoms with Crippen molar-refractivity contribution in [2.45, 2.75) is 20.3 Å². The lowest BCUT2D eigenvalue weighted by Gasteiger charge is -2.20. The van der Waals surface area contributed by atoms with Gasteiger partial charge in [-0.2, -0.15) is 0 Å². The normalized spacial score (nSPS) is 11.3. The Balaban J connectivity index is 2.31. The van der Waals surface area contributed by atoms with Crippen molar-refractivity contribution in [3.05, 3.63) is 47.4 Å². The van der Waals surface area contributed by atoms with Gasteiger partial charge in [-0.3, -0.25) is 9.10 Å². The molecule has 1 heterocycles. The van der Waals surface area contributed by atoms with Crippen LogP contribution >= 0.6 is 0 Å². The highest BCUT2D eigenvalue weighted by Crippen LogP contribution is 2.27. The number of sulfonamides is 1. The Morgan fingerprint density at radius 3 is 2.52 bits per heavy atom. The number of carbonyl (C=O) groups is 1. The molecule has 0 bridgehead atoms. The molecule has 2 rings (SSSR count). The number of rotatable bonds is 5. The predicted molar refractivity (Wildman–Crippen MR) is 90.5 cm³/mol. The van der Waals surface area contributed by atoms with E-state index in [-0.39, 0.29) is 5.76 Å². The van der Waals surface area contributed by atoms with Crippen LogP contribution in [0.3, 0.4) is 0 Å². The van der Waals surface area contributed by atoms with Gasteiger partial charge in [-0.25, -0.2) is 8.42 Å². The van der Waals surface area contributed by atoms with Gasteiger partial charge in [0.05, 0.1) is 17.6 Å². The van der Waals surface area contributed by atoms with Crippen molar-refractivity contribution in [2.75, 3.05) is 22.9 Å². The molecule has 0 fully saturated rings. The number of hydrogen-bond donors (Lipinski definition) is 1. The zero-order chi connectivity index (χ0) is 17.2. The highest BCUT2D eigenvalue weighted by Gasteiger charge is 2.19. The van der Waals surface area contributed by atoms with Crippen molar-refractivity contribution in [1.82, 2.24) is 0 Å². The van der Waals surface area contributed by atoms with E-state index in [1.165, 1.54) is 7.05 Å². The molecule has 0 aliphatic heterocycles. The molecule has 0 saturated heterocycles. The Morgan fingerprint density at radius 1 is 1.30 bits per heavy atom. The maximum Gasteiger partial charge on any atom is 0.291 e. The molecule has 0 unspecified atom stereocenters. The number of hydrogen-bond acceptors (Lipinski definition) is 4. The minimum atomic E-state index is -3.43. The fraction of sp³-hybridized carbons (Fsp3) is 0.312. The van der Waals surface area contributed by atoms with Crippen LogP contribution in [0.4, 0.5) is 11.4 Å². The van der Waals surface area contributed by atoms with Gasteiger partial charge in [0, 0.05) is 13.5 Å². The summed E-state index contributed by atoms with van der Waals surface area (Å²) in [4.78, 5) is 12.3. The molecular weight excluding hydrogens is 316 g/mol. The number of nitrogens with zero attached hydrogens (tertiary/aromatic N) is 1. The van der Waals surface area contributed by atoms with Gasteiger partial charge in [-0.1, -0.05) is 19.1 Å². The molecule has 7 heteroatoms. The number of carbonyl (C=O) groups excluding carboxylic acids is 1. The summed E-state index contributed by atoms with van der Waals surface area (Å²) in [5.41, 5.74) is 1.71. The van der Waals surface area contributed by atoms with E-state index in [1.54, 1.807) is 30.3 Å². The third kappa shape index (κ3) is 3.73. The molecule has 1 aromatic carbocycles. The number of amides is 1. The van der Waals surface area contributed by atoms with E-state index < -0.39 is 15.9 Å². The molecule has 0 spiro atoms. The van der Waals surface area contributed by atoms with Gasteiger partial charge in [0.15, 0.2) is 5.76 Å². The Bertz CT molecular complexity index is 824. The molecule has 1 N–H and O–H groups in total. The lowest BCUT2D eigenvalue weighted by molar-refractivity contribution is 0.0995. The summed E-state index contributed by atoms with van der Waals surface area (Å²) in [6, 6.07) is 8.38. The molecule has 0 atom stereocenters. The van der Waals surface area contributed by atoms with Crippen LogP contribution in [0.2, 0.25) is 0 Å². The highest BCUT2D eigenvalue weighted by atomic mass is 32.2. The smallest absolute Gasteiger partial charge is 0.291 e. The van der Waals surface area contributed by atoms with E-state index in [9.17, 15) is 13.2 Å². The zero-order valence-corrected chi connectivity index (χ0v) is 14.4. The van der Waals surface area contributed by atoms with Crippen molar-refractivity contribution in [3.63, 3.8) is 0 Å². The fourth-order valence-electron chi connectivity index (χ4n) is 2.20. The molecule has 0 radical (unpaired) electrons. The van der Waals surface area contributed by atoms with E-state index >= 15 is 0 Å². The van der Waals surface area contributed by atoms with Crippen LogP contribution in [0.15, 0.2) is 34.7 Å². The largest absolute Gasteiger partial charge is 0.456 e. The first kappa shape index (κ1) is 17.1. The number of anilines is 2. The average molecular weight is 336 g/mol. The van der Waals surface area contributed by atoms with Crippen molar-refractivity contribution in [1.29, 1.82) is 0 Å². The summed E-state index contributed by atoms with van der Waals surface area (Å²) in [7, 11) is -1.99. The second-order valence-electron chi connectivity index (χ2n) is 5.27. The van der Waals surface area contributed by atoms with Crippen LogP contribution < -0.4 is 9.62 Å². The molecule has 1 aromatic heterocycles. The summed E-state index contributed by atoms with van der Waals surface area (Å²) in [6.07, 6.45) is 1.81. The minimum Gasteiger partial charge on any atom is -0.456 e. The molecule has 1 amide bonds. The highest BCUT2D eigenvalue weighted by molar-refractivity contribution is 7.92. The number of nitrogens with one attached hydrogen (secondary N) is 1. The minimum absolute atomic E-state index is 0.205. The molecule has 2 aromatic rings. The van der Waals surface area contributed by atoms with E-state index in [2.05, 4.69) is 5.32 Å². The first-order chi connectivity index (χ1) is 10.7. The summed E-state index contributed by atoms with van der Waals surface area (Å²) < 4.78 is 30.1. The van der Waals surface area contributed by atoms with Gasteiger partial charge in [0.1, 0.15) is 5.76 Å². The van der Waals surface area contributed by atoms with Gasteiger partial charge in [0.2, 0.25) is 10.0 Å². The van der Waals surface area contributed by atoms with Gasteiger partial charge in [-0.05, 0) is 30.7 Å². The maximum absolute atomic E-state index is 12.3. The lowest BCUT2D eigenvalue weighted by Crippen LogP contribution is -2.26. The van der Waals surface area contributed by atoms with Crippen molar-refractivity contribution < 1.29 is 17.6 Å². The van der Waals surface area contributed by atoms with Crippen LogP contribution in [-0.2, 0) is 16.4 Å². The summed E-state index contributed by atoms with van der Waals surface area (Å²) in [5.74, 6) is 0.551. The monoisotopic (exact) mass is 336 g/mol. The van der Waals surface area contributed by atoms with Crippen molar-refractivity contribution in [3.8, 4) is 0 Å². The van der Waals surface area contributed by atoms with Crippen LogP contribution in [0, 0.1) is 6.92 Å². The molecule has 6 nitrogen and oxygen atoms in total. The Kier molecular flexibility index (Phi) is 4.79. The SMILES string of the molecule is CCc1oc(C(=O)Nc2ccccc2N(C)S(C)(=O)=O)cc1C. The molecule has 124 valence electrons. The van der Waals surface area contributed by atoms with Crippen LogP contribution in [0.5, 0.6) is 0 Å². The quantitative estimate of drug-likeness (QED) is 0.910. The third-order valence-corrected chi connectivity index (χ3v) is 4.75. The van der Waals surface area contributed by atoms with Crippen LogP contribution in [0.1, 0.15) is 28.8 Å². The van der Waals surface area contributed by atoms with E-state index in [0.717, 1.165) is 21.9 Å². The van der Waals surface area contributed by atoms with E-state index in [4.69, 9.17) is 4.42 Å². The molecular formula is C16H20N2O4S. The second kappa shape index (κ2) is 6.45. The summed E-state index contributed by atoms with van der Waals surface area (Å²) >= 11 is 0. The number of para-hydroxylation sites is 2. The Hall–Kier alpha value is -2.28. The van der Waals surface area contributed by atoms with Gasteiger partial charge < -0.3 is 9.73 Å². The molecule has 0 aliphatic carbocycles. The van der Waals surface area contributed by atoms with Crippen molar-refractivity contribution >= 4 is 27.3 Å². The topological polar surface area (TPSA) is 79.6 Å². The molecule has 0 saturated carbocycles.